The Kier molecular flexibility index (Phi) is 3.27. The number of nitrogens with one attached hydrogen (secondary N) is 2. The largest absolute Gasteiger partial charge is 0.332 e. The molecule has 6 nitrogen and oxygen atoms in total. The number of nitrogens with zero attached hydrogens (tertiary/aromatic N) is 2. The highest BCUT2D eigenvalue weighted by Gasteiger charge is 2.21. The third-order valence-corrected chi connectivity index (χ3v) is 4.53. The van der Waals surface area contributed by atoms with Crippen molar-refractivity contribution in [3.05, 3.63) is 28.6 Å². The molecular formula is C9H12N4O2S2. The van der Waals surface area contributed by atoms with E-state index >= 15 is 0 Å². The zero-order valence-electron chi connectivity index (χ0n) is 9.34. The normalized spacial score (nSPS) is 13.8. The van der Waals surface area contributed by atoms with Crippen molar-refractivity contribution in [3.63, 3.8) is 0 Å². The van der Waals surface area contributed by atoms with E-state index in [2.05, 4.69) is 19.7 Å². The van der Waals surface area contributed by atoms with Crippen LogP contribution in [0.25, 0.3) is 0 Å². The molecule has 0 aliphatic carbocycles. The van der Waals surface area contributed by atoms with Gasteiger partial charge in [-0.2, -0.15) is 0 Å². The van der Waals surface area contributed by atoms with Gasteiger partial charge in [-0.3, -0.25) is 0 Å². The van der Waals surface area contributed by atoms with Crippen LogP contribution in [0.4, 0.5) is 0 Å². The molecule has 0 saturated heterocycles. The second-order valence-corrected chi connectivity index (χ2v) is 6.15. The molecular weight excluding hydrogens is 260 g/mol. The van der Waals surface area contributed by atoms with Crippen molar-refractivity contribution in [2.75, 3.05) is 0 Å². The molecule has 2 heterocycles. The van der Waals surface area contributed by atoms with Gasteiger partial charge < -0.3 is 4.98 Å². The number of aromatic amines is 1. The summed E-state index contributed by atoms with van der Waals surface area (Å²) in [5.74, 6) is 0.562. The van der Waals surface area contributed by atoms with E-state index in [9.17, 15) is 8.42 Å². The van der Waals surface area contributed by atoms with Gasteiger partial charge in [0.25, 0.3) is 10.0 Å². The molecule has 0 aromatic carbocycles. The Balaban J connectivity index is 2.18. The lowest BCUT2D eigenvalue weighted by atomic mass is 10.4. The lowest BCUT2D eigenvalue weighted by Gasteiger charge is -2.10. The van der Waals surface area contributed by atoms with E-state index in [0.717, 1.165) is 5.01 Å². The lowest BCUT2D eigenvalue weighted by Crippen LogP contribution is -2.27. The number of sulfonamides is 1. The van der Waals surface area contributed by atoms with Crippen molar-refractivity contribution in [3.8, 4) is 0 Å². The quantitative estimate of drug-likeness (QED) is 0.875. The van der Waals surface area contributed by atoms with Gasteiger partial charge in [-0.1, -0.05) is 0 Å². The van der Waals surface area contributed by atoms with Crippen molar-refractivity contribution in [1.29, 1.82) is 0 Å². The number of aromatic nitrogens is 3. The predicted molar refractivity (Wildman–Crippen MR) is 64.2 cm³/mol. The van der Waals surface area contributed by atoms with Crippen molar-refractivity contribution in [2.45, 2.75) is 24.9 Å². The Labute approximate surface area is 103 Å². The molecule has 0 spiro atoms. The van der Waals surface area contributed by atoms with E-state index in [4.69, 9.17) is 0 Å². The van der Waals surface area contributed by atoms with E-state index < -0.39 is 10.0 Å². The molecule has 0 fully saturated rings. The minimum Gasteiger partial charge on any atom is -0.332 e. The van der Waals surface area contributed by atoms with Crippen LogP contribution >= 0.6 is 11.3 Å². The predicted octanol–water partition coefficient (Wildman–Crippen LogP) is 1.21. The van der Waals surface area contributed by atoms with Crippen LogP contribution in [0.15, 0.2) is 22.8 Å². The maximum Gasteiger partial charge on any atom is 0.258 e. The van der Waals surface area contributed by atoms with Gasteiger partial charge in [0.1, 0.15) is 10.8 Å². The number of hydrogen-bond donors (Lipinski definition) is 2. The highest BCUT2D eigenvalue weighted by Crippen LogP contribution is 2.17. The lowest BCUT2D eigenvalue weighted by molar-refractivity contribution is 0.563. The summed E-state index contributed by atoms with van der Waals surface area (Å²) in [5, 5.41) is 2.60. The van der Waals surface area contributed by atoms with Crippen molar-refractivity contribution in [2.24, 2.45) is 0 Å². The second-order valence-electron chi connectivity index (χ2n) is 3.55. The zero-order valence-corrected chi connectivity index (χ0v) is 11.0. The van der Waals surface area contributed by atoms with Crippen LogP contribution in [0.5, 0.6) is 0 Å². The van der Waals surface area contributed by atoms with Gasteiger partial charge in [0.2, 0.25) is 0 Å². The summed E-state index contributed by atoms with van der Waals surface area (Å²) in [7, 11) is -3.57. The smallest absolute Gasteiger partial charge is 0.258 e. The summed E-state index contributed by atoms with van der Waals surface area (Å²) in [6.07, 6.45) is 2.94. The summed E-state index contributed by atoms with van der Waals surface area (Å²) in [6, 6.07) is -0.358. The van der Waals surface area contributed by atoms with Crippen LogP contribution in [0, 0.1) is 6.92 Å². The first-order valence-electron chi connectivity index (χ1n) is 4.92. The standard InChI is InChI=1S/C9H12N4O2S2/c1-6(9-10-3-4-16-9)13-17(14,15)8-5-11-7(2)12-8/h3-6,13H,1-2H3,(H,11,12). The number of imidazole rings is 1. The van der Waals surface area contributed by atoms with Gasteiger partial charge in [0, 0.05) is 11.6 Å². The molecule has 0 bridgehead atoms. The average molecular weight is 272 g/mol. The molecule has 0 aliphatic heterocycles. The number of thiazole rings is 1. The van der Waals surface area contributed by atoms with Gasteiger partial charge in [-0.25, -0.2) is 23.1 Å². The fraction of sp³-hybridized carbons (Fsp3) is 0.333. The van der Waals surface area contributed by atoms with Crippen LogP contribution in [0.3, 0.4) is 0 Å². The molecule has 1 unspecified atom stereocenters. The van der Waals surface area contributed by atoms with E-state index in [1.165, 1.54) is 17.5 Å². The maximum atomic E-state index is 11.9. The average Bonchev–Trinajstić information content (AvgIpc) is 2.86. The molecule has 0 saturated carbocycles. The van der Waals surface area contributed by atoms with Crippen molar-refractivity contribution >= 4 is 21.4 Å². The van der Waals surface area contributed by atoms with E-state index in [1.54, 1.807) is 25.4 Å². The SMILES string of the molecule is Cc1ncc(S(=O)(=O)NC(C)c2nccs2)[nH]1. The summed E-state index contributed by atoms with van der Waals surface area (Å²) in [5.41, 5.74) is 0. The molecule has 2 aromatic rings. The highest BCUT2D eigenvalue weighted by molar-refractivity contribution is 7.89. The van der Waals surface area contributed by atoms with E-state index in [0.29, 0.717) is 5.82 Å². The molecule has 92 valence electrons. The van der Waals surface area contributed by atoms with Gasteiger partial charge in [0.15, 0.2) is 5.03 Å². The van der Waals surface area contributed by atoms with Crippen LogP contribution in [0.2, 0.25) is 0 Å². The Morgan fingerprint density at radius 1 is 1.47 bits per heavy atom. The Morgan fingerprint density at radius 3 is 2.76 bits per heavy atom. The summed E-state index contributed by atoms with van der Waals surface area (Å²) < 4.78 is 26.4. The van der Waals surface area contributed by atoms with Gasteiger partial charge in [-0.15, -0.1) is 11.3 Å². The first-order valence-corrected chi connectivity index (χ1v) is 7.28. The van der Waals surface area contributed by atoms with Crippen LogP contribution in [-0.2, 0) is 10.0 Å². The van der Waals surface area contributed by atoms with Crippen LogP contribution in [0.1, 0.15) is 23.8 Å². The molecule has 2 rings (SSSR count). The zero-order chi connectivity index (χ0) is 12.5. The third-order valence-electron chi connectivity index (χ3n) is 2.12. The molecule has 8 heteroatoms. The topological polar surface area (TPSA) is 87.7 Å². The third kappa shape index (κ3) is 2.71. The maximum absolute atomic E-state index is 11.9. The van der Waals surface area contributed by atoms with E-state index in [-0.39, 0.29) is 11.1 Å². The summed E-state index contributed by atoms with van der Waals surface area (Å²) >= 11 is 1.41. The fourth-order valence-corrected chi connectivity index (χ4v) is 3.23. The number of rotatable bonds is 4. The summed E-state index contributed by atoms with van der Waals surface area (Å²) in [6.45, 7) is 3.45. The van der Waals surface area contributed by atoms with Gasteiger partial charge in [-0.05, 0) is 13.8 Å². The number of H-pyrrole nitrogens is 1. The molecule has 2 aromatic heterocycles. The monoisotopic (exact) mass is 272 g/mol. The number of aryl methyl sites for hydroxylation is 1. The summed E-state index contributed by atoms with van der Waals surface area (Å²) in [4.78, 5) is 10.6. The molecule has 0 radical (unpaired) electrons. The van der Waals surface area contributed by atoms with Gasteiger partial charge in [0.05, 0.1) is 12.2 Å². The highest BCUT2D eigenvalue weighted by atomic mass is 32.2. The molecule has 2 N–H and O–H groups in total. The molecule has 0 aliphatic rings. The molecule has 0 amide bonds. The first-order chi connectivity index (χ1) is 7.99. The minimum atomic E-state index is -3.57. The number of hydrogen-bond acceptors (Lipinski definition) is 5. The Bertz CT molecular complexity index is 588. The molecule has 17 heavy (non-hydrogen) atoms. The fourth-order valence-electron chi connectivity index (χ4n) is 1.33. The molecule has 1 atom stereocenters. The first kappa shape index (κ1) is 12.2. The Morgan fingerprint density at radius 2 is 2.24 bits per heavy atom. The van der Waals surface area contributed by atoms with Crippen molar-refractivity contribution < 1.29 is 8.42 Å². The van der Waals surface area contributed by atoms with Crippen LogP contribution in [-0.4, -0.2) is 23.4 Å². The Hall–Kier alpha value is -1.25. The van der Waals surface area contributed by atoms with Crippen LogP contribution < -0.4 is 4.72 Å². The second kappa shape index (κ2) is 4.55. The van der Waals surface area contributed by atoms with Crippen molar-refractivity contribution in [1.82, 2.24) is 19.7 Å². The van der Waals surface area contributed by atoms with Gasteiger partial charge >= 0.3 is 0 Å². The minimum absolute atomic E-state index is 0.0680. The van der Waals surface area contributed by atoms with E-state index in [1.807, 2.05) is 0 Å².